The minimum absolute atomic E-state index is 0.744. The monoisotopic (exact) mass is 170 g/mol. The van der Waals surface area contributed by atoms with Crippen LogP contribution in [0.25, 0.3) is 0 Å². The van der Waals surface area contributed by atoms with Crippen molar-refractivity contribution in [1.82, 2.24) is 0 Å². The van der Waals surface area contributed by atoms with Gasteiger partial charge in [0, 0.05) is 0 Å². The third-order valence-electron chi connectivity index (χ3n) is 1.71. The number of azo groups is 1. The van der Waals surface area contributed by atoms with Gasteiger partial charge in [-0.05, 0) is 24.7 Å². The molecule has 0 aliphatic rings. The molecule has 72 valence electrons. The molecule has 0 unspecified atom stereocenters. The molecule has 0 radical (unpaired) electrons. The smallest absolute Gasteiger partial charge is 0.0601 e. The molecule has 0 aliphatic heterocycles. The molecule has 0 N–H and O–H groups in total. The molecule has 0 heterocycles. The summed E-state index contributed by atoms with van der Waals surface area (Å²) in [6, 6.07) is 0. The fourth-order valence-electron chi connectivity index (χ4n) is 0.773. The van der Waals surface area contributed by atoms with E-state index in [-0.39, 0.29) is 0 Å². The second kappa shape index (κ2) is 7.26. The Morgan fingerprint density at radius 1 is 0.750 bits per heavy atom. The number of rotatable bonds is 6. The normalized spacial score (nSPS) is 12.2. The number of hydrogen-bond donors (Lipinski definition) is 0. The van der Waals surface area contributed by atoms with Crippen LogP contribution in [0.15, 0.2) is 10.2 Å². The maximum atomic E-state index is 4.11. The van der Waals surface area contributed by atoms with E-state index in [1.54, 1.807) is 0 Å². The zero-order chi connectivity index (χ0) is 9.40. The fraction of sp³-hybridized carbons (Fsp3) is 1.00. The van der Waals surface area contributed by atoms with Crippen molar-refractivity contribution < 1.29 is 0 Å². The molecule has 0 amide bonds. The lowest BCUT2D eigenvalue weighted by Crippen LogP contribution is -1.92. The minimum Gasteiger partial charge on any atom is -0.194 e. The van der Waals surface area contributed by atoms with Crippen molar-refractivity contribution in [2.75, 3.05) is 13.1 Å². The molecular formula is C10H22N2. The molecule has 0 rings (SSSR count). The molecule has 0 spiro atoms. The first-order valence-electron chi connectivity index (χ1n) is 4.96. The largest absolute Gasteiger partial charge is 0.194 e. The second-order valence-corrected chi connectivity index (χ2v) is 4.10. The predicted molar refractivity (Wildman–Crippen MR) is 53.5 cm³/mol. The molecule has 0 aromatic carbocycles. The van der Waals surface area contributed by atoms with Gasteiger partial charge in [-0.25, -0.2) is 0 Å². The maximum absolute atomic E-state index is 4.11. The van der Waals surface area contributed by atoms with Crippen molar-refractivity contribution in [1.29, 1.82) is 0 Å². The van der Waals surface area contributed by atoms with Gasteiger partial charge in [0.2, 0.25) is 0 Å². The van der Waals surface area contributed by atoms with Crippen molar-refractivity contribution in [3.8, 4) is 0 Å². The van der Waals surface area contributed by atoms with Crippen molar-refractivity contribution in [2.24, 2.45) is 22.1 Å². The van der Waals surface area contributed by atoms with Gasteiger partial charge in [-0.1, -0.05) is 27.7 Å². The summed E-state index contributed by atoms with van der Waals surface area (Å²) < 4.78 is 0. The molecule has 0 saturated heterocycles. The van der Waals surface area contributed by atoms with Crippen LogP contribution in [0.4, 0.5) is 0 Å². The molecule has 0 bridgehead atoms. The first kappa shape index (κ1) is 11.6. The summed E-state index contributed by atoms with van der Waals surface area (Å²) in [7, 11) is 0. The Morgan fingerprint density at radius 2 is 1.08 bits per heavy atom. The Bertz CT molecular complexity index is 103. The standard InChI is InChI=1S/C10H22N2/c1-9(2)5-7-11-12-8-6-10(3)4/h9-10H,5-8H2,1-4H3. The average molecular weight is 170 g/mol. The van der Waals surface area contributed by atoms with Crippen LogP contribution in [0, 0.1) is 11.8 Å². The van der Waals surface area contributed by atoms with Gasteiger partial charge in [0.1, 0.15) is 0 Å². The van der Waals surface area contributed by atoms with Gasteiger partial charge in [0.15, 0.2) is 0 Å². The highest BCUT2D eigenvalue weighted by Crippen LogP contribution is 2.01. The molecule has 2 heteroatoms. The summed E-state index contributed by atoms with van der Waals surface area (Å²) in [5.74, 6) is 1.49. The van der Waals surface area contributed by atoms with Crippen molar-refractivity contribution >= 4 is 0 Å². The SMILES string of the molecule is CC(C)CCN=NCCC(C)C. The van der Waals surface area contributed by atoms with Crippen molar-refractivity contribution in [3.05, 3.63) is 0 Å². The summed E-state index contributed by atoms with van der Waals surface area (Å²) in [6.07, 6.45) is 2.32. The van der Waals surface area contributed by atoms with Gasteiger partial charge in [-0.3, -0.25) is 0 Å². The minimum atomic E-state index is 0.744. The first-order chi connectivity index (χ1) is 5.63. The molecule has 12 heavy (non-hydrogen) atoms. The summed E-state index contributed by atoms with van der Waals surface area (Å²) in [5.41, 5.74) is 0. The Morgan fingerprint density at radius 3 is 1.33 bits per heavy atom. The van der Waals surface area contributed by atoms with Crippen LogP contribution >= 0.6 is 0 Å². The van der Waals surface area contributed by atoms with Crippen LogP contribution in [0.5, 0.6) is 0 Å². The van der Waals surface area contributed by atoms with Gasteiger partial charge in [0.25, 0.3) is 0 Å². The zero-order valence-electron chi connectivity index (χ0n) is 8.88. The zero-order valence-corrected chi connectivity index (χ0v) is 8.88. The Balaban J connectivity index is 3.15. The third kappa shape index (κ3) is 9.60. The summed E-state index contributed by atoms with van der Waals surface area (Å²) >= 11 is 0. The Hall–Kier alpha value is -0.400. The van der Waals surface area contributed by atoms with Crippen LogP contribution in [0.2, 0.25) is 0 Å². The summed E-state index contributed by atoms with van der Waals surface area (Å²) in [6.45, 7) is 10.6. The van der Waals surface area contributed by atoms with E-state index >= 15 is 0 Å². The third-order valence-corrected chi connectivity index (χ3v) is 1.71. The van der Waals surface area contributed by atoms with E-state index in [0.717, 1.165) is 37.8 Å². The highest BCUT2D eigenvalue weighted by atomic mass is 15.1. The highest BCUT2D eigenvalue weighted by Gasteiger charge is 1.92. The predicted octanol–water partition coefficient (Wildman–Crippen LogP) is 3.53. The van der Waals surface area contributed by atoms with E-state index in [2.05, 4.69) is 37.9 Å². The molecular weight excluding hydrogens is 148 g/mol. The summed E-state index contributed by atoms with van der Waals surface area (Å²) in [5, 5.41) is 8.22. The van der Waals surface area contributed by atoms with E-state index in [1.165, 1.54) is 0 Å². The topological polar surface area (TPSA) is 24.7 Å². The van der Waals surface area contributed by atoms with Crippen LogP contribution in [-0.2, 0) is 0 Å². The van der Waals surface area contributed by atoms with Crippen LogP contribution in [0.1, 0.15) is 40.5 Å². The van der Waals surface area contributed by atoms with Gasteiger partial charge in [0.05, 0.1) is 13.1 Å². The van der Waals surface area contributed by atoms with Crippen molar-refractivity contribution in [3.63, 3.8) is 0 Å². The average Bonchev–Trinajstić information content (AvgIpc) is 1.95. The molecule has 0 fully saturated rings. The lowest BCUT2D eigenvalue weighted by molar-refractivity contribution is 0.563. The molecule has 0 saturated carbocycles. The van der Waals surface area contributed by atoms with Crippen LogP contribution in [-0.4, -0.2) is 13.1 Å². The highest BCUT2D eigenvalue weighted by molar-refractivity contribution is 4.49. The van der Waals surface area contributed by atoms with Crippen LogP contribution in [0.3, 0.4) is 0 Å². The quantitative estimate of drug-likeness (QED) is 0.545. The molecule has 0 atom stereocenters. The van der Waals surface area contributed by atoms with E-state index in [9.17, 15) is 0 Å². The van der Waals surface area contributed by atoms with E-state index in [1.807, 2.05) is 0 Å². The lowest BCUT2D eigenvalue weighted by atomic mass is 10.1. The van der Waals surface area contributed by atoms with Gasteiger partial charge in [-0.15, -0.1) is 0 Å². The van der Waals surface area contributed by atoms with E-state index in [0.29, 0.717) is 0 Å². The van der Waals surface area contributed by atoms with Gasteiger partial charge < -0.3 is 0 Å². The lowest BCUT2D eigenvalue weighted by Gasteiger charge is -2.00. The van der Waals surface area contributed by atoms with E-state index in [4.69, 9.17) is 0 Å². The maximum Gasteiger partial charge on any atom is 0.0601 e. The van der Waals surface area contributed by atoms with Gasteiger partial charge >= 0.3 is 0 Å². The van der Waals surface area contributed by atoms with Crippen molar-refractivity contribution in [2.45, 2.75) is 40.5 Å². The first-order valence-corrected chi connectivity index (χ1v) is 4.96. The Kier molecular flexibility index (Phi) is 7.02. The molecule has 2 nitrogen and oxygen atoms in total. The fourth-order valence-corrected chi connectivity index (χ4v) is 0.773. The summed E-state index contributed by atoms with van der Waals surface area (Å²) in [4.78, 5) is 0. The molecule has 0 aromatic heterocycles. The second-order valence-electron chi connectivity index (χ2n) is 4.10. The van der Waals surface area contributed by atoms with Gasteiger partial charge in [-0.2, -0.15) is 10.2 Å². The molecule has 0 aromatic rings. The molecule has 0 aliphatic carbocycles. The van der Waals surface area contributed by atoms with Crippen LogP contribution < -0.4 is 0 Å². The number of hydrogen-bond acceptors (Lipinski definition) is 2. The van der Waals surface area contributed by atoms with E-state index < -0.39 is 0 Å². The number of nitrogens with zero attached hydrogens (tertiary/aromatic N) is 2. The Labute approximate surface area is 76.5 Å².